The molecule has 1 N–H and O–H groups in total. The van der Waals surface area contributed by atoms with Gasteiger partial charge in [0.1, 0.15) is 5.75 Å². The maximum Gasteiger partial charge on any atom is 0.335 e. The van der Waals surface area contributed by atoms with Gasteiger partial charge in [-0.3, -0.25) is 0 Å². The van der Waals surface area contributed by atoms with Crippen LogP contribution in [0.2, 0.25) is 0 Å². The molecule has 7 nitrogen and oxygen atoms in total. The fourth-order valence-corrected chi connectivity index (χ4v) is 4.25. The van der Waals surface area contributed by atoms with E-state index in [4.69, 9.17) is 28.8 Å². The summed E-state index contributed by atoms with van der Waals surface area (Å²) in [5.41, 5.74) is 2.48. The first-order chi connectivity index (χ1) is 15.0. The van der Waals surface area contributed by atoms with Gasteiger partial charge in [-0.15, -0.1) is 0 Å². The highest BCUT2D eigenvalue weighted by molar-refractivity contribution is 5.87. The van der Waals surface area contributed by atoms with Gasteiger partial charge in [0.2, 0.25) is 11.5 Å². The van der Waals surface area contributed by atoms with Gasteiger partial charge in [-0.1, -0.05) is 0 Å². The number of fused-ring (bicyclic) bond motifs is 1. The zero-order valence-corrected chi connectivity index (χ0v) is 18.5. The second-order valence-electron chi connectivity index (χ2n) is 7.50. The predicted molar refractivity (Wildman–Crippen MR) is 116 cm³/mol. The van der Waals surface area contributed by atoms with Crippen molar-refractivity contribution in [2.45, 2.75) is 32.1 Å². The Bertz CT molecular complexity index is 862. The van der Waals surface area contributed by atoms with Crippen molar-refractivity contribution in [3.05, 3.63) is 41.0 Å². The Hall–Kier alpha value is -3.09. The van der Waals surface area contributed by atoms with Crippen LogP contribution in [0.5, 0.6) is 28.7 Å². The standard InChI is InChI=1S/C24H30O7/c1-27-20-18-11-5-15(13-14-31-17-9-7-16(8-10-17)24(25)26)6-12-19(18)21(28-2)23(30-4)22(20)29-3/h7-10,15H,5-6,11-14H2,1-4H3,(H,25,26). The molecule has 0 spiro atoms. The molecule has 0 saturated carbocycles. The van der Waals surface area contributed by atoms with Crippen LogP contribution in [-0.4, -0.2) is 46.1 Å². The van der Waals surface area contributed by atoms with Gasteiger partial charge in [0.05, 0.1) is 40.6 Å². The van der Waals surface area contributed by atoms with Gasteiger partial charge in [0.15, 0.2) is 11.5 Å². The van der Waals surface area contributed by atoms with Crippen LogP contribution in [-0.2, 0) is 12.8 Å². The van der Waals surface area contributed by atoms with Crippen LogP contribution < -0.4 is 23.7 Å². The number of hydrogen-bond acceptors (Lipinski definition) is 6. The number of carboxylic acid groups (broad SMARTS) is 1. The van der Waals surface area contributed by atoms with Gasteiger partial charge in [0.25, 0.3) is 0 Å². The van der Waals surface area contributed by atoms with E-state index in [-0.39, 0.29) is 5.56 Å². The maximum absolute atomic E-state index is 11.0. The minimum atomic E-state index is -0.941. The zero-order valence-electron chi connectivity index (χ0n) is 18.5. The SMILES string of the molecule is COc1c2c(c(OC)c(OC)c1OC)CCC(CCOc1ccc(C(=O)O)cc1)CC2. The molecule has 0 aliphatic heterocycles. The van der Waals surface area contributed by atoms with Crippen molar-refractivity contribution >= 4 is 5.97 Å². The topological polar surface area (TPSA) is 83.5 Å². The quantitative estimate of drug-likeness (QED) is 0.591. The molecule has 1 aliphatic carbocycles. The van der Waals surface area contributed by atoms with E-state index in [1.165, 1.54) is 0 Å². The third kappa shape index (κ3) is 4.81. The number of rotatable bonds is 9. The summed E-state index contributed by atoms with van der Waals surface area (Å²) in [7, 11) is 6.50. The summed E-state index contributed by atoms with van der Waals surface area (Å²) in [6.45, 7) is 0.578. The monoisotopic (exact) mass is 430 g/mol. The van der Waals surface area contributed by atoms with Crippen LogP contribution in [0.1, 0.15) is 40.7 Å². The van der Waals surface area contributed by atoms with Crippen LogP contribution in [0.4, 0.5) is 0 Å². The van der Waals surface area contributed by atoms with Gasteiger partial charge in [0, 0.05) is 11.1 Å². The van der Waals surface area contributed by atoms with Crippen LogP contribution in [0.3, 0.4) is 0 Å². The molecule has 0 heterocycles. The molecule has 2 aromatic carbocycles. The Labute approximate surface area is 182 Å². The lowest BCUT2D eigenvalue weighted by molar-refractivity contribution is 0.0697. The smallest absolute Gasteiger partial charge is 0.335 e. The van der Waals surface area contributed by atoms with E-state index >= 15 is 0 Å². The van der Waals surface area contributed by atoms with E-state index < -0.39 is 5.97 Å². The molecule has 31 heavy (non-hydrogen) atoms. The van der Waals surface area contributed by atoms with Crippen LogP contribution in [0, 0.1) is 5.92 Å². The number of ether oxygens (including phenoxy) is 5. The predicted octanol–water partition coefficient (Wildman–Crippen LogP) is 4.38. The van der Waals surface area contributed by atoms with E-state index in [1.54, 1.807) is 52.7 Å². The summed E-state index contributed by atoms with van der Waals surface area (Å²) in [6.07, 6.45) is 4.63. The van der Waals surface area contributed by atoms with Crippen LogP contribution in [0.15, 0.2) is 24.3 Å². The fourth-order valence-electron chi connectivity index (χ4n) is 4.25. The first-order valence-electron chi connectivity index (χ1n) is 10.4. The summed E-state index contributed by atoms with van der Waals surface area (Å²) >= 11 is 0. The lowest BCUT2D eigenvalue weighted by Gasteiger charge is -2.21. The Morgan fingerprint density at radius 1 is 0.839 bits per heavy atom. The average molecular weight is 430 g/mol. The van der Waals surface area contributed by atoms with Gasteiger partial charge < -0.3 is 28.8 Å². The normalized spacial score (nSPS) is 13.7. The first-order valence-corrected chi connectivity index (χ1v) is 10.4. The Balaban J connectivity index is 1.70. The molecule has 0 bridgehead atoms. The summed E-state index contributed by atoms with van der Waals surface area (Å²) in [6, 6.07) is 6.50. The van der Waals surface area contributed by atoms with E-state index in [0.29, 0.717) is 41.3 Å². The van der Waals surface area contributed by atoms with Crippen molar-refractivity contribution in [2.24, 2.45) is 5.92 Å². The molecule has 0 fully saturated rings. The van der Waals surface area contributed by atoms with E-state index in [0.717, 1.165) is 43.2 Å². The van der Waals surface area contributed by atoms with Crippen molar-refractivity contribution in [3.63, 3.8) is 0 Å². The highest BCUT2D eigenvalue weighted by atomic mass is 16.5. The highest BCUT2D eigenvalue weighted by Crippen LogP contribution is 2.51. The van der Waals surface area contributed by atoms with Crippen molar-refractivity contribution in [1.82, 2.24) is 0 Å². The summed E-state index contributed by atoms with van der Waals surface area (Å²) in [4.78, 5) is 11.0. The largest absolute Gasteiger partial charge is 0.494 e. The molecule has 0 saturated heterocycles. The third-order valence-corrected chi connectivity index (χ3v) is 5.85. The Morgan fingerprint density at radius 2 is 1.32 bits per heavy atom. The number of carbonyl (C=O) groups is 1. The number of benzene rings is 2. The number of aromatic carboxylic acids is 1. The molecule has 0 amide bonds. The molecule has 0 atom stereocenters. The van der Waals surface area contributed by atoms with E-state index in [1.807, 2.05) is 0 Å². The molecular weight excluding hydrogens is 400 g/mol. The highest BCUT2D eigenvalue weighted by Gasteiger charge is 2.29. The van der Waals surface area contributed by atoms with Crippen molar-refractivity contribution in [1.29, 1.82) is 0 Å². The van der Waals surface area contributed by atoms with Gasteiger partial charge in [-0.05, 0) is 62.3 Å². The molecule has 7 heteroatoms. The molecule has 0 aromatic heterocycles. The number of methoxy groups -OCH3 is 4. The van der Waals surface area contributed by atoms with E-state index in [9.17, 15) is 4.79 Å². The maximum atomic E-state index is 11.0. The second-order valence-corrected chi connectivity index (χ2v) is 7.50. The minimum absolute atomic E-state index is 0.252. The van der Waals surface area contributed by atoms with Crippen molar-refractivity contribution in [2.75, 3.05) is 35.0 Å². The van der Waals surface area contributed by atoms with Crippen molar-refractivity contribution < 1.29 is 33.6 Å². The molecule has 2 aromatic rings. The molecule has 3 rings (SSSR count). The van der Waals surface area contributed by atoms with Gasteiger partial charge >= 0.3 is 5.97 Å². The van der Waals surface area contributed by atoms with Crippen LogP contribution in [0.25, 0.3) is 0 Å². The van der Waals surface area contributed by atoms with Crippen LogP contribution >= 0.6 is 0 Å². The first kappa shape index (κ1) is 22.6. The molecule has 168 valence electrons. The second kappa shape index (κ2) is 10.3. The Kier molecular flexibility index (Phi) is 7.50. The number of hydrogen-bond donors (Lipinski definition) is 1. The lowest BCUT2D eigenvalue weighted by Crippen LogP contribution is -2.08. The summed E-state index contributed by atoms with van der Waals surface area (Å²) in [5.74, 6) is 2.77. The lowest BCUT2D eigenvalue weighted by atomic mass is 9.96. The van der Waals surface area contributed by atoms with Crippen molar-refractivity contribution in [3.8, 4) is 28.7 Å². The van der Waals surface area contributed by atoms with E-state index in [2.05, 4.69) is 0 Å². The number of carboxylic acids is 1. The average Bonchev–Trinajstić information content (AvgIpc) is 3.00. The minimum Gasteiger partial charge on any atom is -0.494 e. The molecule has 0 radical (unpaired) electrons. The Morgan fingerprint density at radius 3 is 1.74 bits per heavy atom. The third-order valence-electron chi connectivity index (χ3n) is 5.85. The fraction of sp³-hybridized carbons (Fsp3) is 0.458. The zero-order chi connectivity index (χ0) is 22.4. The van der Waals surface area contributed by atoms with Gasteiger partial charge in [-0.25, -0.2) is 4.79 Å². The summed E-state index contributed by atoms with van der Waals surface area (Å²) < 4.78 is 28.4. The molecule has 0 unspecified atom stereocenters. The molecule has 1 aliphatic rings. The summed E-state index contributed by atoms with van der Waals surface area (Å²) in [5, 5.41) is 8.99. The van der Waals surface area contributed by atoms with Gasteiger partial charge in [-0.2, -0.15) is 0 Å². The molecular formula is C24H30O7.